The number of carbonyl (C=O) groups is 1. The van der Waals surface area contributed by atoms with Gasteiger partial charge in [-0.25, -0.2) is 0 Å². The van der Waals surface area contributed by atoms with Gasteiger partial charge < -0.3 is 9.47 Å². The van der Waals surface area contributed by atoms with E-state index >= 15 is 0 Å². The lowest BCUT2D eigenvalue weighted by molar-refractivity contribution is 0.104. The van der Waals surface area contributed by atoms with E-state index in [1.54, 1.807) is 18.2 Å². The van der Waals surface area contributed by atoms with Crippen LogP contribution in [-0.2, 0) is 0 Å². The van der Waals surface area contributed by atoms with E-state index in [0.29, 0.717) is 30.3 Å². The Balaban J connectivity index is 2.40. The van der Waals surface area contributed by atoms with Crippen molar-refractivity contribution in [3.63, 3.8) is 0 Å². The van der Waals surface area contributed by atoms with Crippen LogP contribution in [-0.4, -0.2) is 19.0 Å². The number of Topliss-reactive ketones (excluding diaryl/α,β-unsaturated/α-hetero) is 1. The molecule has 1 aromatic rings. The lowest BCUT2D eigenvalue weighted by atomic mass is 10.1. The molecule has 0 fully saturated rings. The molecule has 0 aromatic heterocycles. The van der Waals surface area contributed by atoms with Crippen molar-refractivity contribution in [3.8, 4) is 11.5 Å². The van der Waals surface area contributed by atoms with Crippen LogP contribution in [0.1, 0.15) is 10.4 Å². The van der Waals surface area contributed by atoms with E-state index < -0.39 is 0 Å². The molecule has 1 heterocycles. The molecular formula is C10H9O3. The van der Waals surface area contributed by atoms with Gasteiger partial charge in [-0.05, 0) is 18.2 Å². The largest absolute Gasteiger partial charge is 0.486 e. The molecular weight excluding hydrogens is 168 g/mol. The first-order valence-corrected chi connectivity index (χ1v) is 4.03. The number of hydrogen-bond donors (Lipinski definition) is 0. The minimum atomic E-state index is -0.211. The van der Waals surface area contributed by atoms with E-state index in [0.717, 1.165) is 0 Å². The molecule has 1 aliphatic heterocycles. The number of hydrogen-bond acceptors (Lipinski definition) is 3. The van der Waals surface area contributed by atoms with Crippen LogP contribution in [0.5, 0.6) is 11.5 Å². The van der Waals surface area contributed by atoms with Crippen LogP contribution < -0.4 is 9.47 Å². The molecule has 1 radical (unpaired) electrons. The molecule has 0 saturated heterocycles. The number of carbonyl (C=O) groups excluding carboxylic acids is 1. The quantitative estimate of drug-likeness (QED) is 0.609. The van der Waals surface area contributed by atoms with Gasteiger partial charge in [0.1, 0.15) is 13.2 Å². The third-order valence-corrected chi connectivity index (χ3v) is 1.86. The van der Waals surface area contributed by atoms with E-state index in [-0.39, 0.29) is 5.78 Å². The summed E-state index contributed by atoms with van der Waals surface area (Å²) in [5.74, 6) is 1.11. The van der Waals surface area contributed by atoms with Crippen LogP contribution >= 0.6 is 0 Å². The minimum absolute atomic E-state index is 0.211. The Bertz CT molecular complexity index is 344. The van der Waals surface area contributed by atoms with Crippen molar-refractivity contribution in [2.24, 2.45) is 0 Å². The molecule has 13 heavy (non-hydrogen) atoms. The first-order valence-electron chi connectivity index (χ1n) is 4.03. The van der Waals surface area contributed by atoms with Crippen molar-refractivity contribution < 1.29 is 14.3 Å². The third kappa shape index (κ3) is 1.49. The van der Waals surface area contributed by atoms with E-state index in [4.69, 9.17) is 9.47 Å². The molecule has 0 unspecified atom stereocenters. The van der Waals surface area contributed by atoms with E-state index in [1.807, 2.05) is 0 Å². The van der Waals surface area contributed by atoms with Gasteiger partial charge in [0.2, 0.25) is 0 Å². The zero-order chi connectivity index (χ0) is 9.26. The standard InChI is InChI=1S/C10H9O3/c1-7(11)8-2-3-9-10(6-8)13-5-4-12-9/h2-3,6H,1,4-5H2. The molecule has 0 saturated carbocycles. The molecule has 1 aromatic carbocycles. The summed E-state index contributed by atoms with van der Waals surface area (Å²) in [6, 6.07) is 5.07. The maximum atomic E-state index is 10.9. The predicted octanol–water partition coefficient (Wildman–Crippen LogP) is 1.47. The Morgan fingerprint density at radius 2 is 1.92 bits per heavy atom. The molecule has 3 nitrogen and oxygen atoms in total. The van der Waals surface area contributed by atoms with Crippen LogP contribution in [0.25, 0.3) is 0 Å². The summed E-state index contributed by atoms with van der Waals surface area (Å²) in [5.41, 5.74) is 0.546. The highest BCUT2D eigenvalue weighted by atomic mass is 16.6. The molecule has 0 N–H and O–H groups in total. The van der Waals surface area contributed by atoms with E-state index in [1.165, 1.54) is 0 Å². The highest BCUT2D eigenvalue weighted by Crippen LogP contribution is 2.30. The van der Waals surface area contributed by atoms with Crippen molar-refractivity contribution in [2.75, 3.05) is 13.2 Å². The monoisotopic (exact) mass is 177 g/mol. The molecule has 0 amide bonds. The van der Waals surface area contributed by atoms with Crippen molar-refractivity contribution in [1.29, 1.82) is 0 Å². The smallest absolute Gasteiger partial charge is 0.163 e. The Hall–Kier alpha value is -1.51. The van der Waals surface area contributed by atoms with Crippen molar-refractivity contribution in [1.82, 2.24) is 0 Å². The zero-order valence-corrected chi connectivity index (χ0v) is 7.08. The van der Waals surface area contributed by atoms with E-state index in [9.17, 15) is 4.79 Å². The molecule has 67 valence electrons. The van der Waals surface area contributed by atoms with E-state index in [2.05, 4.69) is 6.92 Å². The average Bonchev–Trinajstić information content (AvgIpc) is 2.17. The SMILES string of the molecule is [CH2]C(=O)c1ccc2c(c1)OCCO2. The summed E-state index contributed by atoms with van der Waals surface area (Å²) in [6.07, 6.45) is 0. The molecule has 3 heteroatoms. The maximum Gasteiger partial charge on any atom is 0.163 e. The highest BCUT2D eigenvalue weighted by Gasteiger charge is 2.12. The number of rotatable bonds is 1. The summed E-state index contributed by atoms with van der Waals surface area (Å²) in [5, 5.41) is 0. The normalized spacial score (nSPS) is 13.9. The van der Waals surface area contributed by atoms with Gasteiger partial charge in [-0.2, -0.15) is 0 Å². The summed E-state index contributed by atoms with van der Waals surface area (Å²) in [6.45, 7) is 4.41. The number of fused-ring (bicyclic) bond motifs is 1. The Kier molecular flexibility index (Phi) is 1.93. The molecule has 2 rings (SSSR count). The molecule has 0 spiro atoms. The van der Waals surface area contributed by atoms with Crippen molar-refractivity contribution >= 4 is 5.78 Å². The zero-order valence-electron chi connectivity index (χ0n) is 7.08. The van der Waals surface area contributed by atoms with Gasteiger partial charge in [0.05, 0.1) is 0 Å². The second-order valence-corrected chi connectivity index (χ2v) is 2.78. The van der Waals surface area contributed by atoms with Gasteiger partial charge in [0, 0.05) is 12.5 Å². The average molecular weight is 177 g/mol. The molecule has 1 aliphatic rings. The Morgan fingerprint density at radius 3 is 2.62 bits per heavy atom. The van der Waals surface area contributed by atoms with Crippen LogP contribution in [0.2, 0.25) is 0 Å². The van der Waals surface area contributed by atoms with Crippen LogP contribution in [0.15, 0.2) is 18.2 Å². The number of benzene rings is 1. The first kappa shape index (κ1) is 8.10. The minimum Gasteiger partial charge on any atom is -0.486 e. The fourth-order valence-corrected chi connectivity index (χ4v) is 1.22. The summed E-state index contributed by atoms with van der Waals surface area (Å²) in [7, 11) is 0. The maximum absolute atomic E-state index is 10.9. The van der Waals surface area contributed by atoms with Crippen LogP contribution in [0, 0.1) is 6.92 Å². The van der Waals surface area contributed by atoms with Gasteiger partial charge in [-0.1, -0.05) is 0 Å². The van der Waals surface area contributed by atoms with Gasteiger partial charge in [0.15, 0.2) is 17.3 Å². The van der Waals surface area contributed by atoms with Crippen LogP contribution in [0.3, 0.4) is 0 Å². The molecule has 0 bridgehead atoms. The fraction of sp³-hybridized carbons (Fsp3) is 0.200. The Morgan fingerprint density at radius 1 is 1.23 bits per heavy atom. The van der Waals surface area contributed by atoms with Gasteiger partial charge in [0.25, 0.3) is 0 Å². The summed E-state index contributed by atoms with van der Waals surface area (Å²) in [4.78, 5) is 10.9. The highest BCUT2D eigenvalue weighted by molar-refractivity contribution is 5.99. The molecule has 0 atom stereocenters. The second-order valence-electron chi connectivity index (χ2n) is 2.78. The number of ether oxygens (including phenoxy) is 2. The number of ketones is 1. The Labute approximate surface area is 76.3 Å². The topological polar surface area (TPSA) is 35.5 Å². The second kappa shape index (κ2) is 3.09. The summed E-state index contributed by atoms with van der Waals surface area (Å²) < 4.78 is 10.6. The van der Waals surface area contributed by atoms with Crippen LogP contribution in [0.4, 0.5) is 0 Å². The lowest BCUT2D eigenvalue weighted by Crippen LogP contribution is -2.15. The van der Waals surface area contributed by atoms with Gasteiger partial charge in [-0.15, -0.1) is 0 Å². The van der Waals surface area contributed by atoms with Crippen molar-refractivity contribution in [3.05, 3.63) is 30.7 Å². The lowest BCUT2D eigenvalue weighted by Gasteiger charge is -2.18. The molecule has 0 aliphatic carbocycles. The first-order chi connectivity index (χ1) is 6.27. The fourth-order valence-electron chi connectivity index (χ4n) is 1.22. The summed E-state index contributed by atoms with van der Waals surface area (Å²) >= 11 is 0. The van der Waals surface area contributed by atoms with Crippen molar-refractivity contribution in [2.45, 2.75) is 0 Å². The predicted molar refractivity (Wildman–Crippen MR) is 47.1 cm³/mol. The van der Waals surface area contributed by atoms with Gasteiger partial charge in [-0.3, -0.25) is 4.79 Å². The van der Waals surface area contributed by atoms with Gasteiger partial charge >= 0.3 is 0 Å². The third-order valence-electron chi connectivity index (χ3n) is 1.86.